The standard InChI is InChI=1S/C17H28N2O2P2S2/c1-3-5-11-19-23(21,15(18)8-4-2)14-22(20,16-9-6-12-24-16)17-10-7-13-25-17/h6-7,9-10,12-13,15H,3-5,8,11,14,18H2,1-2H3,(H,19,21). The Bertz CT molecular complexity index is 679. The second kappa shape index (κ2) is 9.64. The molecule has 0 aromatic carbocycles. The molecular weight excluding hydrogens is 390 g/mol. The maximum atomic E-state index is 14.0. The van der Waals surface area contributed by atoms with Gasteiger partial charge in [-0.3, -0.25) is 5.09 Å². The van der Waals surface area contributed by atoms with E-state index in [0.717, 1.165) is 28.5 Å². The Morgan fingerprint density at radius 1 is 1.08 bits per heavy atom. The maximum Gasteiger partial charge on any atom is 0.171 e. The summed E-state index contributed by atoms with van der Waals surface area (Å²) in [6.45, 7) is 4.79. The molecule has 2 unspecified atom stereocenters. The molecule has 0 bridgehead atoms. The van der Waals surface area contributed by atoms with E-state index in [0.29, 0.717) is 13.0 Å². The highest BCUT2D eigenvalue weighted by atomic mass is 32.1. The van der Waals surface area contributed by atoms with Gasteiger partial charge in [-0.2, -0.15) is 0 Å². The van der Waals surface area contributed by atoms with Gasteiger partial charge in [0.15, 0.2) is 14.4 Å². The summed E-state index contributed by atoms with van der Waals surface area (Å²) in [5.41, 5.74) is 6.32. The fraction of sp³-hybridized carbons (Fsp3) is 0.529. The zero-order chi connectivity index (χ0) is 18.3. The molecule has 2 heterocycles. The molecule has 0 amide bonds. The lowest BCUT2D eigenvalue weighted by atomic mass is 10.3. The van der Waals surface area contributed by atoms with Gasteiger partial charge in [0.05, 0.1) is 20.9 Å². The SMILES string of the molecule is CCCCNP(=O)(CP(=O)(c1cccs1)c1cccs1)C(N)CCC. The highest BCUT2D eigenvalue weighted by Crippen LogP contribution is 2.61. The molecule has 0 spiro atoms. The van der Waals surface area contributed by atoms with Gasteiger partial charge in [-0.05, 0) is 35.7 Å². The average molecular weight is 419 g/mol. The fourth-order valence-corrected chi connectivity index (χ4v) is 14.2. The van der Waals surface area contributed by atoms with Crippen LogP contribution in [0.2, 0.25) is 0 Å². The van der Waals surface area contributed by atoms with Crippen LogP contribution >= 0.6 is 37.1 Å². The summed E-state index contributed by atoms with van der Waals surface area (Å²) >= 11 is 2.95. The molecule has 0 saturated heterocycles. The molecular formula is C17H28N2O2P2S2. The van der Waals surface area contributed by atoms with Gasteiger partial charge in [-0.15, -0.1) is 22.7 Å². The third-order valence-electron chi connectivity index (χ3n) is 4.16. The predicted octanol–water partition coefficient (Wildman–Crippen LogP) is 4.83. The molecule has 0 fully saturated rings. The summed E-state index contributed by atoms with van der Waals surface area (Å²) in [6.07, 6.45) is 3.49. The number of thiophene rings is 2. The lowest BCUT2D eigenvalue weighted by Gasteiger charge is -2.29. The Morgan fingerprint density at radius 2 is 1.68 bits per heavy atom. The number of nitrogens with one attached hydrogen (secondary N) is 1. The Morgan fingerprint density at radius 3 is 2.12 bits per heavy atom. The molecule has 0 saturated carbocycles. The Hall–Kier alpha value is -0.220. The van der Waals surface area contributed by atoms with Crippen molar-refractivity contribution in [1.82, 2.24) is 5.09 Å². The van der Waals surface area contributed by atoms with Crippen LogP contribution in [0.3, 0.4) is 0 Å². The van der Waals surface area contributed by atoms with Crippen molar-refractivity contribution in [1.29, 1.82) is 0 Å². The number of rotatable bonds is 11. The summed E-state index contributed by atoms with van der Waals surface area (Å²) in [4.78, 5) is 0. The Labute approximate surface area is 159 Å². The van der Waals surface area contributed by atoms with Crippen LogP contribution in [-0.2, 0) is 9.13 Å². The fourth-order valence-electron chi connectivity index (χ4n) is 2.72. The van der Waals surface area contributed by atoms with Gasteiger partial charge in [0.1, 0.15) is 0 Å². The van der Waals surface area contributed by atoms with Crippen LogP contribution in [0.5, 0.6) is 0 Å². The number of nitrogens with two attached hydrogens (primary N) is 1. The number of unbranched alkanes of at least 4 members (excludes halogenated alkanes) is 1. The van der Waals surface area contributed by atoms with Crippen LogP contribution in [-0.4, -0.2) is 18.2 Å². The van der Waals surface area contributed by atoms with Crippen LogP contribution in [0.15, 0.2) is 35.0 Å². The molecule has 0 aliphatic rings. The van der Waals surface area contributed by atoms with E-state index in [1.54, 1.807) is 0 Å². The first kappa shape index (κ1) is 21.1. The molecule has 2 aromatic heterocycles. The monoisotopic (exact) mass is 418 g/mol. The van der Waals surface area contributed by atoms with Gasteiger partial charge in [0, 0.05) is 6.54 Å². The first-order valence-electron chi connectivity index (χ1n) is 8.73. The van der Waals surface area contributed by atoms with Gasteiger partial charge in [-0.25, -0.2) is 0 Å². The van der Waals surface area contributed by atoms with Crippen LogP contribution < -0.4 is 20.1 Å². The minimum absolute atomic E-state index is 0.131. The van der Waals surface area contributed by atoms with Crippen molar-refractivity contribution in [2.75, 3.05) is 12.4 Å². The van der Waals surface area contributed by atoms with Crippen LogP contribution in [0.25, 0.3) is 0 Å². The molecule has 140 valence electrons. The number of hydrogen-bond acceptors (Lipinski definition) is 5. The smallest absolute Gasteiger partial charge is 0.171 e. The van der Waals surface area contributed by atoms with Gasteiger partial charge in [0.2, 0.25) is 0 Å². The maximum absolute atomic E-state index is 14.0. The zero-order valence-electron chi connectivity index (χ0n) is 14.9. The molecule has 0 aliphatic heterocycles. The lowest BCUT2D eigenvalue weighted by molar-refractivity contribution is 0.545. The molecule has 2 rings (SSSR count). The second-order valence-electron chi connectivity index (χ2n) is 6.20. The zero-order valence-corrected chi connectivity index (χ0v) is 18.3. The highest BCUT2D eigenvalue weighted by Gasteiger charge is 2.41. The van der Waals surface area contributed by atoms with E-state index in [1.807, 2.05) is 41.9 Å². The molecule has 4 nitrogen and oxygen atoms in total. The Balaban J connectivity index is 2.38. The summed E-state index contributed by atoms with van der Waals surface area (Å²) in [5.74, 6) is -0.325. The molecule has 2 atom stereocenters. The molecule has 3 N–H and O–H groups in total. The van der Waals surface area contributed by atoms with Crippen LogP contribution in [0, 0.1) is 0 Å². The highest BCUT2D eigenvalue weighted by molar-refractivity contribution is 7.93. The van der Waals surface area contributed by atoms with Crippen LogP contribution in [0.4, 0.5) is 0 Å². The van der Waals surface area contributed by atoms with Crippen molar-refractivity contribution in [2.24, 2.45) is 5.73 Å². The lowest BCUT2D eigenvalue weighted by Crippen LogP contribution is -2.32. The molecule has 25 heavy (non-hydrogen) atoms. The van der Waals surface area contributed by atoms with Crippen LogP contribution in [0.1, 0.15) is 39.5 Å². The minimum Gasteiger partial charge on any atom is -0.320 e. The summed E-state index contributed by atoms with van der Waals surface area (Å²) in [5, 5.41) is 7.08. The van der Waals surface area contributed by atoms with E-state index in [-0.39, 0.29) is 5.90 Å². The average Bonchev–Trinajstić information content (AvgIpc) is 3.29. The van der Waals surface area contributed by atoms with Crippen molar-refractivity contribution in [3.63, 3.8) is 0 Å². The van der Waals surface area contributed by atoms with Crippen molar-refractivity contribution >= 4 is 46.3 Å². The van der Waals surface area contributed by atoms with E-state index >= 15 is 0 Å². The quantitative estimate of drug-likeness (QED) is 0.405. The van der Waals surface area contributed by atoms with E-state index in [1.165, 1.54) is 22.7 Å². The summed E-state index contributed by atoms with van der Waals surface area (Å²) < 4.78 is 29.5. The second-order valence-corrected chi connectivity index (χ2v) is 14.8. The third kappa shape index (κ3) is 5.15. The summed E-state index contributed by atoms with van der Waals surface area (Å²) in [6, 6.07) is 7.60. The van der Waals surface area contributed by atoms with Gasteiger partial charge in [0.25, 0.3) is 0 Å². The molecule has 2 aromatic rings. The van der Waals surface area contributed by atoms with Crippen molar-refractivity contribution in [3.8, 4) is 0 Å². The largest absolute Gasteiger partial charge is 0.320 e. The summed E-state index contributed by atoms with van der Waals surface area (Å²) in [7, 11) is -5.93. The molecule has 0 aliphatic carbocycles. The van der Waals surface area contributed by atoms with Crippen molar-refractivity contribution in [2.45, 2.75) is 45.3 Å². The van der Waals surface area contributed by atoms with Crippen molar-refractivity contribution < 1.29 is 9.13 Å². The first-order valence-corrected chi connectivity index (χ1v) is 14.3. The van der Waals surface area contributed by atoms with Crippen molar-refractivity contribution in [3.05, 3.63) is 35.0 Å². The van der Waals surface area contributed by atoms with Gasteiger partial charge < -0.3 is 14.9 Å². The topological polar surface area (TPSA) is 72.2 Å². The van der Waals surface area contributed by atoms with E-state index in [9.17, 15) is 9.13 Å². The minimum atomic E-state index is -2.98. The van der Waals surface area contributed by atoms with Gasteiger partial charge in [-0.1, -0.05) is 38.8 Å². The van der Waals surface area contributed by atoms with E-state index in [2.05, 4.69) is 12.0 Å². The predicted molar refractivity (Wildman–Crippen MR) is 114 cm³/mol. The first-order chi connectivity index (χ1) is 12.0. The van der Waals surface area contributed by atoms with E-state index in [4.69, 9.17) is 5.73 Å². The van der Waals surface area contributed by atoms with E-state index < -0.39 is 20.2 Å². The van der Waals surface area contributed by atoms with Gasteiger partial charge >= 0.3 is 0 Å². The number of hydrogen-bond donors (Lipinski definition) is 2. The molecule has 0 radical (unpaired) electrons. The third-order valence-corrected chi connectivity index (χ3v) is 15.0. The normalized spacial score (nSPS) is 15.8. The molecule has 8 heteroatoms. The Kier molecular flexibility index (Phi) is 8.13.